The SMILES string of the molecule is CC1CCC(NC(C)c2c(O)cccc2O)C1. The van der Waals surface area contributed by atoms with Crippen molar-refractivity contribution in [3.8, 4) is 11.5 Å². The maximum absolute atomic E-state index is 9.79. The van der Waals surface area contributed by atoms with Crippen molar-refractivity contribution in [2.24, 2.45) is 5.92 Å². The molecule has 0 saturated heterocycles. The lowest BCUT2D eigenvalue weighted by Gasteiger charge is -2.21. The van der Waals surface area contributed by atoms with Crippen LogP contribution in [-0.2, 0) is 0 Å². The third-order valence-corrected chi connectivity index (χ3v) is 3.67. The van der Waals surface area contributed by atoms with Crippen LogP contribution in [0.2, 0.25) is 0 Å². The van der Waals surface area contributed by atoms with E-state index in [9.17, 15) is 10.2 Å². The zero-order valence-corrected chi connectivity index (χ0v) is 10.5. The number of hydrogen-bond acceptors (Lipinski definition) is 3. The fraction of sp³-hybridized carbons (Fsp3) is 0.571. The van der Waals surface area contributed by atoms with Gasteiger partial charge in [-0.1, -0.05) is 13.0 Å². The molecule has 0 radical (unpaired) electrons. The lowest BCUT2D eigenvalue weighted by Crippen LogP contribution is -2.29. The van der Waals surface area contributed by atoms with Gasteiger partial charge >= 0.3 is 0 Å². The lowest BCUT2D eigenvalue weighted by molar-refractivity contribution is 0.396. The first-order valence-corrected chi connectivity index (χ1v) is 6.34. The maximum atomic E-state index is 9.79. The number of aromatic hydroxyl groups is 2. The summed E-state index contributed by atoms with van der Waals surface area (Å²) < 4.78 is 0. The topological polar surface area (TPSA) is 52.5 Å². The second-order valence-electron chi connectivity index (χ2n) is 5.21. The van der Waals surface area contributed by atoms with Gasteiger partial charge in [-0.2, -0.15) is 0 Å². The normalized spacial score (nSPS) is 26.0. The Morgan fingerprint density at radius 1 is 1.24 bits per heavy atom. The first-order valence-electron chi connectivity index (χ1n) is 6.34. The molecule has 0 bridgehead atoms. The molecule has 3 unspecified atom stereocenters. The van der Waals surface area contributed by atoms with Gasteiger partial charge in [0.2, 0.25) is 0 Å². The number of nitrogens with one attached hydrogen (secondary N) is 1. The number of phenolic OH excluding ortho intramolecular Hbond substituents is 2. The molecule has 0 aromatic heterocycles. The molecule has 1 aromatic carbocycles. The van der Waals surface area contributed by atoms with Crippen LogP contribution in [0.1, 0.15) is 44.7 Å². The van der Waals surface area contributed by atoms with Gasteiger partial charge in [0, 0.05) is 12.1 Å². The predicted molar refractivity (Wildman–Crippen MR) is 68.1 cm³/mol. The molecule has 1 aromatic rings. The summed E-state index contributed by atoms with van der Waals surface area (Å²) in [5.74, 6) is 1.10. The Hall–Kier alpha value is -1.22. The Bertz CT molecular complexity index is 372. The molecule has 0 amide bonds. The molecule has 0 spiro atoms. The van der Waals surface area contributed by atoms with Crippen LogP contribution in [0.3, 0.4) is 0 Å². The van der Waals surface area contributed by atoms with Gasteiger partial charge in [-0.15, -0.1) is 0 Å². The fourth-order valence-electron chi connectivity index (χ4n) is 2.78. The summed E-state index contributed by atoms with van der Waals surface area (Å²) in [7, 11) is 0. The highest BCUT2D eigenvalue weighted by molar-refractivity contribution is 5.44. The van der Waals surface area contributed by atoms with Gasteiger partial charge in [0.05, 0.1) is 5.56 Å². The molecule has 3 atom stereocenters. The van der Waals surface area contributed by atoms with Gasteiger partial charge in [-0.05, 0) is 44.2 Å². The van der Waals surface area contributed by atoms with Crippen molar-refractivity contribution in [2.45, 2.75) is 45.2 Å². The van der Waals surface area contributed by atoms with Crippen molar-refractivity contribution in [1.82, 2.24) is 5.32 Å². The quantitative estimate of drug-likeness (QED) is 0.755. The second-order valence-corrected chi connectivity index (χ2v) is 5.21. The molecule has 94 valence electrons. The monoisotopic (exact) mass is 235 g/mol. The van der Waals surface area contributed by atoms with E-state index in [2.05, 4.69) is 12.2 Å². The van der Waals surface area contributed by atoms with E-state index < -0.39 is 0 Å². The van der Waals surface area contributed by atoms with Crippen molar-refractivity contribution < 1.29 is 10.2 Å². The molecular weight excluding hydrogens is 214 g/mol. The molecule has 17 heavy (non-hydrogen) atoms. The summed E-state index contributed by atoms with van der Waals surface area (Å²) in [6, 6.07) is 5.36. The van der Waals surface area contributed by atoms with E-state index in [0.29, 0.717) is 11.6 Å². The van der Waals surface area contributed by atoms with Crippen molar-refractivity contribution in [3.63, 3.8) is 0 Å². The van der Waals surface area contributed by atoms with Crippen LogP contribution in [0.25, 0.3) is 0 Å². The number of benzene rings is 1. The van der Waals surface area contributed by atoms with Gasteiger partial charge in [-0.3, -0.25) is 0 Å². The Balaban J connectivity index is 2.07. The largest absolute Gasteiger partial charge is 0.507 e. The first-order chi connectivity index (χ1) is 8.08. The molecule has 1 aliphatic rings. The van der Waals surface area contributed by atoms with Gasteiger partial charge in [0.1, 0.15) is 11.5 Å². The Morgan fingerprint density at radius 2 is 1.88 bits per heavy atom. The average molecular weight is 235 g/mol. The van der Waals surface area contributed by atoms with Crippen molar-refractivity contribution in [3.05, 3.63) is 23.8 Å². The van der Waals surface area contributed by atoms with Gasteiger partial charge in [0.15, 0.2) is 0 Å². The minimum atomic E-state index is -0.0218. The predicted octanol–water partition coefficient (Wildman–Crippen LogP) is 2.94. The summed E-state index contributed by atoms with van der Waals surface area (Å²) in [5, 5.41) is 23.1. The smallest absolute Gasteiger partial charge is 0.124 e. The van der Waals surface area contributed by atoms with Crippen LogP contribution in [0.4, 0.5) is 0 Å². The number of hydrogen-bond donors (Lipinski definition) is 3. The fourth-order valence-corrected chi connectivity index (χ4v) is 2.78. The zero-order chi connectivity index (χ0) is 12.4. The van der Waals surface area contributed by atoms with Crippen molar-refractivity contribution in [1.29, 1.82) is 0 Å². The summed E-state index contributed by atoms with van der Waals surface area (Å²) in [5.41, 5.74) is 0.604. The van der Waals surface area contributed by atoms with Gasteiger partial charge in [0.25, 0.3) is 0 Å². The molecule has 3 N–H and O–H groups in total. The number of phenols is 2. The average Bonchev–Trinajstić information content (AvgIpc) is 2.63. The highest BCUT2D eigenvalue weighted by Crippen LogP contribution is 2.34. The van der Waals surface area contributed by atoms with Crippen LogP contribution in [0, 0.1) is 5.92 Å². The highest BCUT2D eigenvalue weighted by Gasteiger charge is 2.24. The van der Waals surface area contributed by atoms with Gasteiger partial charge < -0.3 is 15.5 Å². The molecule has 1 fully saturated rings. The minimum Gasteiger partial charge on any atom is -0.507 e. The summed E-state index contributed by atoms with van der Waals surface area (Å²) in [4.78, 5) is 0. The molecule has 1 aliphatic carbocycles. The Labute approximate surface area is 102 Å². The molecule has 0 aliphatic heterocycles. The zero-order valence-electron chi connectivity index (χ0n) is 10.5. The molecule has 2 rings (SSSR count). The van der Waals surface area contributed by atoms with Crippen molar-refractivity contribution in [2.75, 3.05) is 0 Å². The third-order valence-electron chi connectivity index (χ3n) is 3.67. The molecule has 3 heteroatoms. The first kappa shape index (κ1) is 12.2. The minimum absolute atomic E-state index is 0.0218. The van der Waals surface area contributed by atoms with Crippen LogP contribution in [0.5, 0.6) is 11.5 Å². The standard InChI is InChI=1S/C14H21NO2/c1-9-6-7-11(8-9)15-10(2)14-12(16)4-3-5-13(14)17/h3-5,9-11,15-17H,6-8H2,1-2H3. The highest BCUT2D eigenvalue weighted by atomic mass is 16.3. The molecule has 0 heterocycles. The van der Waals surface area contributed by atoms with E-state index in [0.717, 1.165) is 5.92 Å². The Kier molecular flexibility index (Phi) is 3.57. The van der Waals surface area contributed by atoms with E-state index in [1.54, 1.807) is 18.2 Å². The van der Waals surface area contributed by atoms with Crippen LogP contribution >= 0.6 is 0 Å². The van der Waals surface area contributed by atoms with E-state index in [1.807, 2.05) is 6.92 Å². The van der Waals surface area contributed by atoms with Crippen LogP contribution < -0.4 is 5.32 Å². The van der Waals surface area contributed by atoms with Crippen molar-refractivity contribution >= 4 is 0 Å². The van der Waals surface area contributed by atoms with E-state index in [1.165, 1.54) is 19.3 Å². The summed E-state index contributed by atoms with van der Waals surface area (Å²) in [6.45, 7) is 4.25. The Morgan fingerprint density at radius 3 is 2.41 bits per heavy atom. The third kappa shape index (κ3) is 2.72. The molecule has 1 saturated carbocycles. The second kappa shape index (κ2) is 4.96. The van der Waals surface area contributed by atoms with Crippen LogP contribution in [0.15, 0.2) is 18.2 Å². The lowest BCUT2D eigenvalue weighted by atomic mass is 10.0. The van der Waals surface area contributed by atoms with Crippen LogP contribution in [-0.4, -0.2) is 16.3 Å². The van der Waals surface area contributed by atoms with E-state index in [-0.39, 0.29) is 17.5 Å². The van der Waals surface area contributed by atoms with E-state index >= 15 is 0 Å². The van der Waals surface area contributed by atoms with E-state index in [4.69, 9.17) is 0 Å². The summed E-state index contributed by atoms with van der Waals surface area (Å²) in [6.07, 6.45) is 3.62. The summed E-state index contributed by atoms with van der Waals surface area (Å²) >= 11 is 0. The number of rotatable bonds is 3. The molecule has 3 nitrogen and oxygen atoms in total. The van der Waals surface area contributed by atoms with Gasteiger partial charge in [-0.25, -0.2) is 0 Å². The maximum Gasteiger partial charge on any atom is 0.124 e. The molecular formula is C14H21NO2.